The van der Waals surface area contributed by atoms with Crippen molar-refractivity contribution in [2.45, 2.75) is 65.1 Å². The molecule has 1 aliphatic rings. The summed E-state index contributed by atoms with van der Waals surface area (Å²) in [4.78, 5) is 7.22. The Morgan fingerprint density at radius 3 is 2.70 bits per heavy atom. The molecule has 1 N–H and O–H groups in total. The Balaban J connectivity index is 2.15. The first-order valence-electron chi connectivity index (χ1n) is 8.03. The Labute approximate surface area is 123 Å². The fraction of sp³-hybridized carbons (Fsp3) is 0.706. The van der Waals surface area contributed by atoms with Crippen LogP contribution >= 0.6 is 0 Å². The molecule has 0 aromatic carbocycles. The van der Waals surface area contributed by atoms with E-state index in [0.717, 1.165) is 19.6 Å². The van der Waals surface area contributed by atoms with Crippen LogP contribution in [-0.2, 0) is 6.54 Å². The number of rotatable bonds is 5. The summed E-state index contributed by atoms with van der Waals surface area (Å²) in [7, 11) is 0. The average molecular weight is 275 g/mol. The third-order valence-electron chi connectivity index (χ3n) is 5.03. The van der Waals surface area contributed by atoms with Gasteiger partial charge in [-0.2, -0.15) is 0 Å². The Kier molecular flexibility index (Phi) is 5.17. The van der Waals surface area contributed by atoms with Gasteiger partial charge in [-0.15, -0.1) is 0 Å². The van der Waals surface area contributed by atoms with E-state index in [0.29, 0.717) is 6.04 Å². The minimum absolute atomic E-state index is 0.286. The molecule has 2 heterocycles. The summed E-state index contributed by atoms with van der Waals surface area (Å²) in [6.45, 7) is 12.3. The molecule has 1 unspecified atom stereocenters. The molecule has 0 aliphatic carbocycles. The van der Waals surface area contributed by atoms with Crippen molar-refractivity contribution >= 4 is 0 Å². The number of piperazine rings is 1. The van der Waals surface area contributed by atoms with E-state index < -0.39 is 0 Å². The zero-order valence-electron chi connectivity index (χ0n) is 13.4. The summed E-state index contributed by atoms with van der Waals surface area (Å²) in [5, 5.41) is 3.80. The van der Waals surface area contributed by atoms with E-state index in [1.54, 1.807) is 0 Å². The Morgan fingerprint density at radius 2 is 2.10 bits per heavy atom. The van der Waals surface area contributed by atoms with Gasteiger partial charge in [0.2, 0.25) is 0 Å². The molecule has 3 heteroatoms. The molecule has 0 radical (unpaired) electrons. The van der Waals surface area contributed by atoms with Crippen molar-refractivity contribution < 1.29 is 0 Å². The predicted octanol–water partition coefficient (Wildman–Crippen LogP) is 3.13. The summed E-state index contributed by atoms with van der Waals surface area (Å²) in [6, 6.07) is 4.82. The summed E-state index contributed by atoms with van der Waals surface area (Å²) < 4.78 is 0. The van der Waals surface area contributed by atoms with Gasteiger partial charge in [0.15, 0.2) is 0 Å². The number of hydrogen-bond acceptors (Lipinski definition) is 3. The highest BCUT2D eigenvalue weighted by atomic mass is 15.3. The van der Waals surface area contributed by atoms with Crippen LogP contribution in [0.25, 0.3) is 0 Å². The van der Waals surface area contributed by atoms with Crippen molar-refractivity contribution in [2.75, 3.05) is 13.1 Å². The minimum Gasteiger partial charge on any atom is -0.308 e. The monoisotopic (exact) mass is 275 g/mol. The molecular weight excluding hydrogens is 246 g/mol. The maximum Gasteiger partial charge on any atom is 0.0573 e. The van der Waals surface area contributed by atoms with Crippen molar-refractivity contribution in [1.29, 1.82) is 0 Å². The molecule has 1 aromatic heterocycles. The summed E-state index contributed by atoms with van der Waals surface area (Å²) in [6.07, 6.45) is 5.50. The lowest BCUT2D eigenvalue weighted by Crippen LogP contribution is -2.63. The van der Waals surface area contributed by atoms with E-state index in [1.165, 1.54) is 30.5 Å². The largest absolute Gasteiger partial charge is 0.308 e. The van der Waals surface area contributed by atoms with Gasteiger partial charge in [0.25, 0.3) is 0 Å². The third kappa shape index (κ3) is 3.21. The summed E-state index contributed by atoms with van der Waals surface area (Å²) in [5.74, 6) is 0. The lowest BCUT2D eigenvalue weighted by molar-refractivity contribution is 0.0632. The van der Waals surface area contributed by atoms with Crippen LogP contribution in [0.3, 0.4) is 0 Å². The Bertz CT molecular complexity index is 426. The summed E-state index contributed by atoms with van der Waals surface area (Å²) in [5.41, 5.74) is 2.82. The first-order chi connectivity index (χ1) is 9.64. The van der Waals surface area contributed by atoms with Crippen molar-refractivity contribution in [3.05, 3.63) is 29.6 Å². The van der Waals surface area contributed by atoms with E-state index in [9.17, 15) is 0 Å². The first kappa shape index (κ1) is 15.5. The van der Waals surface area contributed by atoms with Gasteiger partial charge in [-0.25, -0.2) is 0 Å². The molecule has 2 rings (SSSR count). The molecule has 1 aliphatic heterocycles. The molecule has 0 saturated carbocycles. The zero-order valence-corrected chi connectivity index (χ0v) is 13.4. The number of nitrogens with zero attached hydrogens (tertiary/aromatic N) is 2. The number of pyridine rings is 1. The van der Waals surface area contributed by atoms with Crippen LogP contribution in [0, 0.1) is 6.92 Å². The van der Waals surface area contributed by atoms with Crippen LogP contribution < -0.4 is 5.32 Å². The average Bonchev–Trinajstić information content (AvgIpc) is 2.49. The molecule has 1 fully saturated rings. The van der Waals surface area contributed by atoms with E-state index in [2.05, 4.69) is 49.0 Å². The van der Waals surface area contributed by atoms with Gasteiger partial charge < -0.3 is 5.32 Å². The van der Waals surface area contributed by atoms with Crippen molar-refractivity contribution in [3.8, 4) is 0 Å². The second-order valence-corrected chi connectivity index (χ2v) is 6.10. The molecule has 1 saturated heterocycles. The molecule has 20 heavy (non-hydrogen) atoms. The lowest BCUT2D eigenvalue weighted by Gasteiger charge is -2.47. The van der Waals surface area contributed by atoms with Gasteiger partial charge in [-0.1, -0.05) is 26.8 Å². The van der Waals surface area contributed by atoms with Crippen LogP contribution in [-0.4, -0.2) is 34.6 Å². The highest BCUT2D eigenvalue weighted by molar-refractivity contribution is 5.18. The standard InChI is InChI=1S/C17H29N3/c1-5-15-11-19-17(6-2,7-3)13-20(15)12-16-14(4)9-8-10-18-16/h8-10,15,19H,5-7,11-13H2,1-4H3. The SMILES string of the molecule is CCC1CNC(CC)(CC)CN1Cc1ncccc1C. The fourth-order valence-corrected chi connectivity index (χ4v) is 3.22. The first-order valence-corrected chi connectivity index (χ1v) is 8.03. The molecule has 0 spiro atoms. The van der Waals surface area contributed by atoms with Gasteiger partial charge in [0, 0.05) is 37.4 Å². The van der Waals surface area contributed by atoms with Crippen molar-refractivity contribution in [2.24, 2.45) is 0 Å². The van der Waals surface area contributed by atoms with Gasteiger partial charge in [-0.3, -0.25) is 9.88 Å². The number of aryl methyl sites for hydroxylation is 1. The second kappa shape index (κ2) is 6.68. The van der Waals surface area contributed by atoms with Crippen molar-refractivity contribution in [3.63, 3.8) is 0 Å². The molecule has 112 valence electrons. The lowest BCUT2D eigenvalue weighted by atomic mass is 9.88. The van der Waals surface area contributed by atoms with E-state index in [-0.39, 0.29) is 5.54 Å². The Hall–Kier alpha value is -0.930. The zero-order chi connectivity index (χ0) is 14.6. The number of nitrogens with one attached hydrogen (secondary N) is 1. The summed E-state index contributed by atoms with van der Waals surface area (Å²) >= 11 is 0. The quantitative estimate of drug-likeness (QED) is 0.895. The van der Waals surface area contributed by atoms with Gasteiger partial charge in [-0.05, 0) is 37.8 Å². The van der Waals surface area contributed by atoms with Crippen LogP contribution in [0.4, 0.5) is 0 Å². The van der Waals surface area contributed by atoms with E-state index in [4.69, 9.17) is 0 Å². The normalized spacial score (nSPS) is 22.9. The molecule has 0 amide bonds. The molecule has 1 atom stereocenters. The van der Waals surface area contributed by atoms with Gasteiger partial charge in [0.1, 0.15) is 0 Å². The van der Waals surface area contributed by atoms with Crippen LogP contribution in [0.15, 0.2) is 18.3 Å². The predicted molar refractivity (Wildman–Crippen MR) is 84.8 cm³/mol. The fourth-order valence-electron chi connectivity index (χ4n) is 3.22. The molecule has 0 bridgehead atoms. The van der Waals surface area contributed by atoms with E-state index in [1.807, 2.05) is 12.3 Å². The number of aromatic nitrogens is 1. The maximum atomic E-state index is 4.58. The van der Waals surface area contributed by atoms with Gasteiger partial charge >= 0.3 is 0 Å². The van der Waals surface area contributed by atoms with Gasteiger partial charge in [0.05, 0.1) is 5.69 Å². The highest BCUT2D eigenvalue weighted by Gasteiger charge is 2.36. The number of hydrogen-bond donors (Lipinski definition) is 1. The maximum absolute atomic E-state index is 4.58. The smallest absolute Gasteiger partial charge is 0.0573 e. The molecule has 1 aromatic rings. The second-order valence-electron chi connectivity index (χ2n) is 6.10. The van der Waals surface area contributed by atoms with E-state index >= 15 is 0 Å². The highest BCUT2D eigenvalue weighted by Crippen LogP contribution is 2.25. The van der Waals surface area contributed by atoms with Crippen molar-refractivity contribution in [1.82, 2.24) is 15.2 Å². The Morgan fingerprint density at radius 1 is 1.35 bits per heavy atom. The van der Waals surface area contributed by atoms with Crippen LogP contribution in [0.1, 0.15) is 51.3 Å². The van der Waals surface area contributed by atoms with Crippen LogP contribution in [0.5, 0.6) is 0 Å². The topological polar surface area (TPSA) is 28.2 Å². The molecular formula is C17H29N3. The molecule has 3 nitrogen and oxygen atoms in total. The third-order valence-corrected chi connectivity index (χ3v) is 5.03. The minimum atomic E-state index is 0.286. The van der Waals surface area contributed by atoms with Crippen LogP contribution in [0.2, 0.25) is 0 Å².